The number of Topliss-reactive ketones (excluding diaryl/α,β-unsaturated/α-hetero) is 1. The van der Waals surface area contributed by atoms with E-state index >= 15 is 0 Å². The molecule has 6 nitrogen and oxygen atoms in total. The van der Waals surface area contributed by atoms with Gasteiger partial charge < -0.3 is 14.5 Å². The number of carbonyl (C=O) groups is 3. The van der Waals surface area contributed by atoms with Crippen LogP contribution in [-0.2, 0) is 14.3 Å². The Kier molecular flexibility index (Phi) is 5.08. The number of hydrogen-bond acceptors (Lipinski definition) is 4. The molecule has 2 aliphatic rings. The van der Waals surface area contributed by atoms with Crippen LogP contribution < -0.4 is 0 Å². The second-order valence-corrected chi connectivity index (χ2v) is 7.12. The van der Waals surface area contributed by atoms with E-state index in [1.807, 2.05) is 20.8 Å². The Labute approximate surface area is 131 Å². The van der Waals surface area contributed by atoms with Crippen LogP contribution in [0.25, 0.3) is 0 Å². The van der Waals surface area contributed by atoms with Crippen molar-refractivity contribution in [1.29, 1.82) is 0 Å². The van der Waals surface area contributed by atoms with Gasteiger partial charge in [-0.15, -0.1) is 0 Å². The van der Waals surface area contributed by atoms with Gasteiger partial charge in [0, 0.05) is 32.1 Å². The van der Waals surface area contributed by atoms with Gasteiger partial charge >= 0.3 is 6.09 Å². The van der Waals surface area contributed by atoms with Crippen LogP contribution in [-0.4, -0.2) is 59.4 Å². The van der Waals surface area contributed by atoms with Crippen LogP contribution >= 0.6 is 0 Å². The number of rotatable bonds is 3. The maximum Gasteiger partial charge on any atom is 0.410 e. The minimum atomic E-state index is -0.515. The lowest BCUT2D eigenvalue weighted by Crippen LogP contribution is -2.52. The molecule has 0 unspecified atom stereocenters. The summed E-state index contributed by atoms with van der Waals surface area (Å²) in [6.45, 7) is 7.34. The molecule has 2 rings (SSSR count). The van der Waals surface area contributed by atoms with E-state index in [9.17, 15) is 14.4 Å². The van der Waals surface area contributed by atoms with E-state index in [4.69, 9.17) is 4.74 Å². The quantitative estimate of drug-likeness (QED) is 0.746. The highest BCUT2D eigenvalue weighted by Crippen LogP contribution is 2.28. The van der Waals surface area contributed by atoms with Gasteiger partial charge in [0.05, 0.1) is 6.42 Å². The fourth-order valence-electron chi connectivity index (χ4n) is 2.60. The van der Waals surface area contributed by atoms with Crippen LogP contribution in [0.2, 0.25) is 0 Å². The second kappa shape index (κ2) is 6.67. The predicted molar refractivity (Wildman–Crippen MR) is 81.4 cm³/mol. The summed E-state index contributed by atoms with van der Waals surface area (Å²) in [5.74, 6) is 0.0681. The van der Waals surface area contributed by atoms with Crippen LogP contribution in [0, 0.1) is 5.92 Å². The summed E-state index contributed by atoms with van der Waals surface area (Å²) in [5.41, 5.74) is -0.515. The Morgan fingerprint density at radius 3 is 2.00 bits per heavy atom. The van der Waals surface area contributed by atoms with Crippen molar-refractivity contribution in [2.45, 2.75) is 52.1 Å². The zero-order chi connectivity index (χ0) is 16.3. The molecule has 0 aromatic carbocycles. The molecule has 6 heteroatoms. The number of carbonyl (C=O) groups excluding carboxylic acids is 3. The zero-order valence-electron chi connectivity index (χ0n) is 13.8. The molecule has 0 spiro atoms. The van der Waals surface area contributed by atoms with Crippen molar-refractivity contribution in [3.63, 3.8) is 0 Å². The van der Waals surface area contributed by atoms with Crippen molar-refractivity contribution < 1.29 is 19.1 Å². The van der Waals surface area contributed by atoms with E-state index in [-0.39, 0.29) is 30.1 Å². The molecule has 22 heavy (non-hydrogen) atoms. The SMILES string of the molecule is CC(C)(C)OC(=O)N1CCN(C(=O)CC(=O)C2CCC2)CC1. The Hall–Kier alpha value is -1.59. The first-order valence-corrected chi connectivity index (χ1v) is 8.05. The highest BCUT2D eigenvalue weighted by molar-refractivity contribution is 5.99. The minimum Gasteiger partial charge on any atom is -0.444 e. The number of nitrogens with zero attached hydrogens (tertiary/aromatic N) is 2. The number of amides is 2. The predicted octanol–water partition coefficient (Wildman–Crippen LogP) is 1.82. The first kappa shape index (κ1) is 16.8. The summed E-state index contributed by atoms with van der Waals surface area (Å²) in [6, 6.07) is 0. The zero-order valence-corrected chi connectivity index (χ0v) is 13.8. The van der Waals surface area contributed by atoms with Gasteiger partial charge in [-0.05, 0) is 33.6 Å². The van der Waals surface area contributed by atoms with Gasteiger partial charge in [0.1, 0.15) is 11.4 Å². The molecule has 0 aromatic rings. The van der Waals surface area contributed by atoms with Crippen molar-refractivity contribution in [2.75, 3.05) is 26.2 Å². The molecule has 1 aliphatic heterocycles. The minimum absolute atomic E-state index is 0.0110. The third kappa shape index (κ3) is 4.45. The van der Waals surface area contributed by atoms with E-state index < -0.39 is 5.60 Å². The molecule has 1 saturated carbocycles. The average Bonchev–Trinajstić information content (AvgIpc) is 2.34. The third-order valence-electron chi connectivity index (χ3n) is 4.17. The first-order valence-electron chi connectivity index (χ1n) is 8.05. The monoisotopic (exact) mass is 310 g/mol. The van der Waals surface area contributed by atoms with Gasteiger partial charge in [-0.1, -0.05) is 6.42 Å². The maximum atomic E-state index is 12.1. The van der Waals surface area contributed by atoms with Crippen LogP contribution in [0.15, 0.2) is 0 Å². The lowest BCUT2D eigenvalue weighted by molar-refractivity contribution is -0.138. The van der Waals surface area contributed by atoms with Crippen molar-refractivity contribution in [3.8, 4) is 0 Å². The first-order chi connectivity index (χ1) is 10.3. The summed E-state index contributed by atoms with van der Waals surface area (Å²) in [4.78, 5) is 39.2. The molecule has 1 heterocycles. The molecular weight excluding hydrogens is 284 g/mol. The lowest BCUT2D eigenvalue weighted by atomic mass is 9.81. The van der Waals surface area contributed by atoms with E-state index in [1.54, 1.807) is 9.80 Å². The van der Waals surface area contributed by atoms with Crippen molar-refractivity contribution in [1.82, 2.24) is 9.80 Å². The number of piperazine rings is 1. The van der Waals surface area contributed by atoms with E-state index in [0.717, 1.165) is 19.3 Å². The van der Waals surface area contributed by atoms with Crippen molar-refractivity contribution >= 4 is 17.8 Å². The Bertz CT molecular complexity index is 444. The molecule has 0 N–H and O–H groups in total. The van der Waals surface area contributed by atoms with Crippen molar-refractivity contribution in [3.05, 3.63) is 0 Å². The number of ether oxygens (including phenoxy) is 1. The lowest BCUT2D eigenvalue weighted by Gasteiger charge is -2.36. The molecule has 1 saturated heterocycles. The van der Waals surface area contributed by atoms with Crippen LogP contribution in [0.5, 0.6) is 0 Å². The smallest absolute Gasteiger partial charge is 0.410 e. The van der Waals surface area contributed by atoms with Crippen LogP contribution in [0.4, 0.5) is 4.79 Å². The third-order valence-corrected chi connectivity index (χ3v) is 4.17. The summed E-state index contributed by atoms with van der Waals surface area (Å²) >= 11 is 0. The van der Waals surface area contributed by atoms with Gasteiger partial charge in [-0.25, -0.2) is 4.79 Å². The molecule has 124 valence electrons. The Morgan fingerprint density at radius 2 is 1.55 bits per heavy atom. The normalized spacial score (nSPS) is 19.6. The highest BCUT2D eigenvalue weighted by atomic mass is 16.6. The molecule has 2 fully saturated rings. The van der Waals surface area contributed by atoms with Gasteiger partial charge in [-0.3, -0.25) is 9.59 Å². The fraction of sp³-hybridized carbons (Fsp3) is 0.812. The number of ketones is 1. The number of hydrogen-bond donors (Lipinski definition) is 0. The van der Waals surface area contributed by atoms with Crippen LogP contribution in [0.1, 0.15) is 46.5 Å². The topological polar surface area (TPSA) is 66.9 Å². The fourth-order valence-corrected chi connectivity index (χ4v) is 2.60. The highest BCUT2D eigenvalue weighted by Gasteiger charge is 2.31. The summed E-state index contributed by atoms with van der Waals surface area (Å²) < 4.78 is 5.32. The van der Waals surface area contributed by atoms with E-state index in [2.05, 4.69) is 0 Å². The summed E-state index contributed by atoms with van der Waals surface area (Å²) in [6.07, 6.45) is 2.62. The Morgan fingerprint density at radius 1 is 1.00 bits per heavy atom. The molecule has 1 aliphatic carbocycles. The maximum absolute atomic E-state index is 12.1. The largest absolute Gasteiger partial charge is 0.444 e. The van der Waals surface area contributed by atoms with E-state index in [1.165, 1.54) is 0 Å². The summed E-state index contributed by atoms with van der Waals surface area (Å²) in [5, 5.41) is 0. The molecule has 2 amide bonds. The summed E-state index contributed by atoms with van der Waals surface area (Å²) in [7, 11) is 0. The molecule has 0 bridgehead atoms. The van der Waals surface area contributed by atoms with Gasteiger partial charge in [0.2, 0.25) is 5.91 Å². The van der Waals surface area contributed by atoms with E-state index in [0.29, 0.717) is 26.2 Å². The Balaban J connectivity index is 1.75. The molecular formula is C16H26N2O4. The van der Waals surface area contributed by atoms with Crippen LogP contribution in [0.3, 0.4) is 0 Å². The van der Waals surface area contributed by atoms with Crippen molar-refractivity contribution in [2.24, 2.45) is 5.92 Å². The molecule has 0 aromatic heterocycles. The molecule has 0 atom stereocenters. The average molecular weight is 310 g/mol. The molecule has 0 radical (unpaired) electrons. The second-order valence-electron chi connectivity index (χ2n) is 7.12. The van der Waals surface area contributed by atoms with Gasteiger partial charge in [0.25, 0.3) is 0 Å². The van der Waals surface area contributed by atoms with Gasteiger partial charge in [0.15, 0.2) is 0 Å². The van der Waals surface area contributed by atoms with Gasteiger partial charge in [-0.2, -0.15) is 0 Å². The standard InChI is InChI=1S/C16H26N2O4/c1-16(2,3)22-15(21)18-9-7-17(8-10-18)14(20)11-13(19)12-5-4-6-12/h12H,4-11H2,1-3H3.